The van der Waals surface area contributed by atoms with Crippen molar-refractivity contribution < 1.29 is 64.6 Å². The molecule has 14 nitrogen and oxygen atoms in total. The second-order valence-electron chi connectivity index (χ2n) is 18.3. The minimum absolute atomic E-state index is 0.260. The van der Waals surface area contributed by atoms with E-state index in [0.29, 0.717) is 12.8 Å². The summed E-state index contributed by atoms with van der Waals surface area (Å²) in [4.78, 5) is 13.1. The van der Waals surface area contributed by atoms with Crippen LogP contribution in [0, 0.1) is 0 Å². The average Bonchev–Trinajstić information content (AvgIpc) is 3.30. The normalized spacial score (nSPS) is 27.3. The van der Waals surface area contributed by atoms with Gasteiger partial charge < -0.3 is 65.1 Å². The van der Waals surface area contributed by atoms with E-state index in [2.05, 4.69) is 43.5 Å². The van der Waals surface area contributed by atoms with E-state index >= 15 is 0 Å². The monoisotopic (exact) mass is 928 g/mol. The Hall–Kier alpha value is -1.79. The predicted molar refractivity (Wildman–Crippen MR) is 254 cm³/mol. The van der Waals surface area contributed by atoms with Gasteiger partial charge in [0.1, 0.15) is 48.8 Å². The molecule has 1 amide bonds. The smallest absolute Gasteiger partial charge is 0.220 e. The van der Waals surface area contributed by atoms with Crippen LogP contribution in [0.2, 0.25) is 0 Å². The molecule has 12 atom stereocenters. The number of carbonyl (C=O) groups excluding carboxylic acids is 1. The van der Waals surface area contributed by atoms with Gasteiger partial charge in [0.25, 0.3) is 0 Å². The lowest BCUT2D eigenvalue weighted by Crippen LogP contribution is -2.65. The fourth-order valence-corrected chi connectivity index (χ4v) is 8.32. The number of unbranched alkanes of at least 4 members (excludes halogenated alkanes) is 22. The highest BCUT2D eigenvalue weighted by Crippen LogP contribution is 2.30. The molecule has 2 saturated heterocycles. The van der Waals surface area contributed by atoms with E-state index in [0.717, 1.165) is 44.9 Å². The Morgan fingerprint density at radius 3 is 1.51 bits per heavy atom. The van der Waals surface area contributed by atoms with Crippen LogP contribution in [0.25, 0.3) is 0 Å². The zero-order chi connectivity index (χ0) is 47.5. The van der Waals surface area contributed by atoms with Gasteiger partial charge in [0.15, 0.2) is 12.6 Å². The molecule has 2 fully saturated rings. The highest BCUT2D eigenvalue weighted by atomic mass is 16.7. The molecular formula is C51H93NO13. The van der Waals surface area contributed by atoms with Crippen molar-refractivity contribution in [3.05, 3.63) is 36.5 Å². The lowest BCUT2D eigenvalue weighted by molar-refractivity contribution is -0.359. The van der Waals surface area contributed by atoms with Crippen LogP contribution < -0.4 is 5.32 Å². The van der Waals surface area contributed by atoms with Gasteiger partial charge in [-0.3, -0.25) is 4.79 Å². The molecule has 2 aliphatic rings. The predicted octanol–water partition coefficient (Wildman–Crippen LogP) is 6.71. The second kappa shape index (κ2) is 38.1. The molecule has 0 bridgehead atoms. The van der Waals surface area contributed by atoms with Crippen LogP contribution >= 0.6 is 0 Å². The van der Waals surface area contributed by atoms with Crippen LogP contribution in [-0.4, -0.2) is 140 Å². The summed E-state index contributed by atoms with van der Waals surface area (Å²) in [5.74, 6) is -0.260. The van der Waals surface area contributed by atoms with Crippen molar-refractivity contribution in [2.75, 3.05) is 19.8 Å². The highest BCUT2D eigenvalue weighted by Gasteiger charge is 2.51. The van der Waals surface area contributed by atoms with E-state index in [-0.39, 0.29) is 18.9 Å². The summed E-state index contributed by atoms with van der Waals surface area (Å²) in [6.07, 6.45) is 26.5. The van der Waals surface area contributed by atoms with Crippen molar-refractivity contribution in [2.24, 2.45) is 0 Å². The second-order valence-corrected chi connectivity index (χ2v) is 18.3. The van der Waals surface area contributed by atoms with Gasteiger partial charge in [-0.1, -0.05) is 172 Å². The molecule has 12 unspecified atom stereocenters. The minimum Gasteiger partial charge on any atom is -0.394 e. The third-order valence-electron chi connectivity index (χ3n) is 12.6. The maximum atomic E-state index is 13.1. The molecule has 380 valence electrons. The molecule has 9 N–H and O–H groups in total. The van der Waals surface area contributed by atoms with Crippen molar-refractivity contribution in [3.8, 4) is 0 Å². The number of amides is 1. The Labute approximate surface area is 391 Å². The molecule has 2 aliphatic heterocycles. The van der Waals surface area contributed by atoms with Gasteiger partial charge in [0.05, 0.1) is 32.0 Å². The van der Waals surface area contributed by atoms with Gasteiger partial charge in [0.2, 0.25) is 5.91 Å². The van der Waals surface area contributed by atoms with Crippen LogP contribution in [0.5, 0.6) is 0 Å². The van der Waals surface area contributed by atoms with E-state index < -0.39 is 86.8 Å². The molecule has 2 rings (SSSR count). The highest BCUT2D eigenvalue weighted by molar-refractivity contribution is 5.76. The molecule has 2 heterocycles. The van der Waals surface area contributed by atoms with E-state index in [4.69, 9.17) is 18.9 Å². The summed E-state index contributed by atoms with van der Waals surface area (Å²) in [6, 6.07) is -0.932. The number of aliphatic hydroxyl groups is 8. The molecule has 0 aromatic heterocycles. The standard InChI is InChI=1S/C51H93NO13/c1-3-5-7-9-11-13-14-15-16-17-18-19-20-21-22-23-24-25-26-27-28-30-32-34-40(55)39(52-43(56)35-33-31-29-12-10-8-6-4-2)38-62-50-48(61)46(59)49(42(37-54)64-50)65-51-47(60)45(58)44(57)41(36-53)63-51/h22-23,26-27,32,34,39-42,44-51,53-55,57-61H,3-21,24-25,28-31,33,35-38H2,1-2H3,(H,52,56)/b23-22+,27-26+,34-32+. The van der Waals surface area contributed by atoms with Gasteiger partial charge in [-0.2, -0.15) is 0 Å². The van der Waals surface area contributed by atoms with Crippen LogP contribution in [0.4, 0.5) is 0 Å². The van der Waals surface area contributed by atoms with E-state index in [1.54, 1.807) is 6.08 Å². The molecule has 14 heteroatoms. The third-order valence-corrected chi connectivity index (χ3v) is 12.6. The first-order valence-corrected chi connectivity index (χ1v) is 25.7. The molecule has 0 saturated carbocycles. The van der Waals surface area contributed by atoms with Gasteiger partial charge in [-0.25, -0.2) is 0 Å². The topological polar surface area (TPSA) is 228 Å². The maximum absolute atomic E-state index is 13.1. The number of hydrogen-bond acceptors (Lipinski definition) is 13. The van der Waals surface area contributed by atoms with Crippen molar-refractivity contribution >= 4 is 5.91 Å². The first-order chi connectivity index (χ1) is 31.6. The fraction of sp³-hybridized carbons (Fsp3) is 0.863. The lowest BCUT2D eigenvalue weighted by atomic mass is 9.97. The Morgan fingerprint density at radius 2 is 0.985 bits per heavy atom. The summed E-state index contributed by atoms with van der Waals surface area (Å²) in [5.41, 5.74) is 0. The summed E-state index contributed by atoms with van der Waals surface area (Å²) >= 11 is 0. The fourth-order valence-electron chi connectivity index (χ4n) is 8.32. The van der Waals surface area contributed by atoms with Crippen molar-refractivity contribution in [2.45, 2.75) is 261 Å². The summed E-state index contributed by atoms with van der Waals surface area (Å²) in [6.45, 7) is 2.71. The Bertz CT molecular complexity index is 1230. The van der Waals surface area contributed by atoms with Crippen LogP contribution in [0.15, 0.2) is 36.5 Å². The number of aliphatic hydroxyl groups excluding tert-OH is 8. The summed E-state index contributed by atoms with van der Waals surface area (Å²) < 4.78 is 22.6. The molecule has 65 heavy (non-hydrogen) atoms. The number of nitrogens with one attached hydrogen (secondary N) is 1. The summed E-state index contributed by atoms with van der Waals surface area (Å²) in [5, 5.41) is 86.5. The maximum Gasteiger partial charge on any atom is 0.220 e. The van der Waals surface area contributed by atoms with E-state index in [9.17, 15) is 45.6 Å². The molecule has 0 aromatic carbocycles. The van der Waals surface area contributed by atoms with E-state index in [1.807, 2.05) is 6.08 Å². The number of hydrogen-bond donors (Lipinski definition) is 9. The summed E-state index contributed by atoms with van der Waals surface area (Å²) in [7, 11) is 0. The van der Waals surface area contributed by atoms with Crippen molar-refractivity contribution in [1.82, 2.24) is 5.32 Å². The zero-order valence-corrected chi connectivity index (χ0v) is 40.2. The van der Waals surface area contributed by atoms with Gasteiger partial charge in [0, 0.05) is 6.42 Å². The number of carbonyl (C=O) groups is 1. The van der Waals surface area contributed by atoms with E-state index in [1.165, 1.54) is 109 Å². The average molecular weight is 928 g/mol. The van der Waals surface area contributed by atoms with Crippen molar-refractivity contribution in [3.63, 3.8) is 0 Å². The molecule has 0 spiro atoms. The third kappa shape index (κ3) is 25.4. The van der Waals surface area contributed by atoms with Gasteiger partial charge in [-0.15, -0.1) is 0 Å². The lowest BCUT2D eigenvalue weighted by Gasteiger charge is -2.46. The Kier molecular flexibility index (Phi) is 34.8. The Morgan fingerprint density at radius 1 is 0.538 bits per heavy atom. The van der Waals surface area contributed by atoms with Gasteiger partial charge in [-0.05, 0) is 44.9 Å². The molecule has 0 aliphatic carbocycles. The first-order valence-electron chi connectivity index (χ1n) is 25.7. The molecular weight excluding hydrogens is 835 g/mol. The van der Waals surface area contributed by atoms with Crippen molar-refractivity contribution in [1.29, 1.82) is 0 Å². The quantitative estimate of drug-likeness (QED) is 0.0231. The van der Waals surface area contributed by atoms with Crippen LogP contribution in [0.1, 0.15) is 187 Å². The Balaban J connectivity index is 1.80. The number of rotatable bonds is 39. The van der Waals surface area contributed by atoms with Crippen LogP contribution in [-0.2, 0) is 23.7 Å². The SMILES string of the molecule is CCCCCCCCCCCCCCC/C=C/CC/C=C/CC/C=C/C(O)C(COC1OC(CO)C(OC2OC(CO)C(O)C(O)C2O)C(O)C1O)NC(=O)CCCCCCCCCC. The minimum atomic E-state index is -1.79. The number of ether oxygens (including phenoxy) is 4. The molecule has 0 radical (unpaired) electrons. The van der Waals surface area contributed by atoms with Crippen LogP contribution in [0.3, 0.4) is 0 Å². The largest absolute Gasteiger partial charge is 0.394 e. The zero-order valence-electron chi connectivity index (χ0n) is 40.2. The van der Waals surface area contributed by atoms with Gasteiger partial charge >= 0.3 is 0 Å². The molecule has 0 aromatic rings. The number of allylic oxidation sites excluding steroid dienone is 5. The first kappa shape index (κ1) is 59.3.